The van der Waals surface area contributed by atoms with Crippen LogP contribution in [0.15, 0.2) is 30.3 Å². The van der Waals surface area contributed by atoms with Crippen molar-refractivity contribution in [2.45, 2.75) is 6.04 Å². The Hall–Kier alpha value is -1.35. The first-order valence-electron chi connectivity index (χ1n) is 3.25. The van der Waals surface area contributed by atoms with Gasteiger partial charge in [0.2, 0.25) is 0 Å². The highest BCUT2D eigenvalue weighted by atomic mass is 16.4. The van der Waals surface area contributed by atoms with Crippen LogP contribution >= 0.6 is 0 Å². The zero-order chi connectivity index (χ0) is 8.27. The van der Waals surface area contributed by atoms with Gasteiger partial charge >= 0.3 is 5.97 Å². The summed E-state index contributed by atoms with van der Waals surface area (Å²) < 4.78 is 0. The van der Waals surface area contributed by atoms with Crippen molar-refractivity contribution < 1.29 is 9.90 Å². The van der Waals surface area contributed by atoms with Gasteiger partial charge in [-0.05, 0) is 5.56 Å². The average molecular weight is 152 g/mol. The topological polar surface area (TPSA) is 63.3 Å². The van der Waals surface area contributed by atoms with Crippen LogP contribution < -0.4 is 5.73 Å². The smallest absolute Gasteiger partial charge is 0.325 e. The van der Waals surface area contributed by atoms with Gasteiger partial charge in [-0.25, -0.2) is 0 Å². The number of benzene rings is 1. The van der Waals surface area contributed by atoms with Gasteiger partial charge in [0.15, 0.2) is 0 Å². The van der Waals surface area contributed by atoms with E-state index < -0.39 is 12.0 Å². The molecule has 1 rings (SSSR count). The highest BCUT2D eigenvalue weighted by Gasteiger charge is 2.12. The summed E-state index contributed by atoms with van der Waals surface area (Å²) in [7, 11) is 0. The first-order chi connectivity index (χ1) is 5.22. The lowest BCUT2D eigenvalue weighted by molar-refractivity contribution is -0.138. The molecule has 1 aromatic carbocycles. The molecule has 0 radical (unpaired) electrons. The van der Waals surface area contributed by atoms with Crippen LogP contribution in [0.25, 0.3) is 0 Å². The van der Waals surface area contributed by atoms with Crippen molar-refractivity contribution in [3.8, 4) is 0 Å². The SMILES string of the molecule is N[C@@H](C(=O)O)c1cccc[13cH]1. The Morgan fingerprint density at radius 2 is 1.91 bits per heavy atom. The molecule has 0 saturated carbocycles. The molecule has 0 aliphatic carbocycles. The van der Waals surface area contributed by atoms with Gasteiger partial charge in [-0.3, -0.25) is 4.79 Å². The van der Waals surface area contributed by atoms with Gasteiger partial charge in [-0.15, -0.1) is 0 Å². The second-order valence-electron chi connectivity index (χ2n) is 2.23. The zero-order valence-electron chi connectivity index (χ0n) is 5.90. The van der Waals surface area contributed by atoms with Gasteiger partial charge < -0.3 is 10.8 Å². The molecule has 0 fully saturated rings. The van der Waals surface area contributed by atoms with Crippen LogP contribution in [-0.4, -0.2) is 11.1 Å². The van der Waals surface area contributed by atoms with Crippen molar-refractivity contribution in [2.75, 3.05) is 0 Å². The van der Waals surface area contributed by atoms with Crippen LogP contribution in [0, 0.1) is 0 Å². The standard InChI is InChI=1S/C8H9NO2/c9-7(8(10)11)6-4-2-1-3-5-6/h1-5,7H,9H2,(H,10,11)/t7-/m1/s1/i4+1. The van der Waals surface area contributed by atoms with Gasteiger partial charge in [0.05, 0.1) is 0 Å². The predicted octanol–water partition coefficient (Wildman–Crippen LogP) is 0.771. The molecule has 1 aromatic rings. The Morgan fingerprint density at radius 3 is 2.36 bits per heavy atom. The summed E-state index contributed by atoms with van der Waals surface area (Å²) in [6.07, 6.45) is 0. The fraction of sp³-hybridized carbons (Fsp3) is 0.125. The minimum absolute atomic E-state index is 0.625. The molecule has 1 atom stereocenters. The van der Waals surface area contributed by atoms with E-state index in [1.807, 2.05) is 6.07 Å². The Balaban J connectivity index is 2.85. The summed E-state index contributed by atoms with van der Waals surface area (Å²) in [6.45, 7) is 0. The minimum atomic E-state index is -1.00. The first kappa shape index (κ1) is 7.75. The molecule has 0 bridgehead atoms. The van der Waals surface area contributed by atoms with Crippen LogP contribution in [-0.2, 0) is 4.79 Å². The molecule has 0 heterocycles. The number of carboxylic acids is 1. The summed E-state index contributed by atoms with van der Waals surface area (Å²) in [4.78, 5) is 10.4. The molecule has 3 nitrogen and oxygen atoms in total. The van der Waals surface area contributed by atoms with E-state index >= 15 is 0 Å². The molecular formula is C8H9NO2. The summed E-state index contributed by atoms with van der Waals surface area (Å²) in [5.41, 5.74) is 5.96. The fourth-order valence-electron chi connectivity index (χ4n) is 0.803. The third-order valence-corrected chi connectivity index (χ3v) is 1.42. The van der Waals surface area contributed by atoms with Gasteiger partial charge in [0.25, 0.3) is 0 Å². The van der Waals surface area contributed by atoms with Gasteiger partial charge in [0.1, 0.15) is 6.04 Å². The Kier molecular flexibility index (Phi) is 2.23. The third kappa shape index (κ3) is 1.78. The normalized spacial score (nSPS) is 12.5. The molecule has 0 aliphatic heterocycles. The molecule has 11 heavy (non-hydrogen) atoms. The molecule has 0 aliphatic rings. The molecule has 0 saturated heterocycles. The lowest BCUT2D eigenvalue weighted by Gasteiger charge is -2.04. The Labute approximate surface area is 64.5 Å². The maximum Gasteiger partial charge on any atom is 0.325 e. The van der Waals surface area contributed by atoms with E-state index in [0.717, 1.165) is 0 Å². The molecule has 0 aromatic heterocycles. The molecule has 3 N–H and O–H groups in total. The van der Waals surface area contributed by atoms with E-state index in [-0.39, 0.29) is 0 Å². The molecule has 0 spiro atoms. The van der Waals surface area contributed by atoms with E-state index in [9.17, 15) is 4.79 Å². The summed E-state index contributed by atoms with van der Waals surface area (Å²) >= 11 is 0. The maximum atomic E-state index is 10.4. The molecule has 0 unspecified atom stereocenters. The molecule has 0 amide bonds. The van der Waals surface area contributed by atoms with Gasteiger partial charge in [-0.1, -0.05) is 30.3 Å². The van der Waals surface area contributed by atoms with Crippen LogP contribution in [0.2, 0.25) is 0 Å². The largest absolute Gasteiger partial charge is 0.480 e. The number of aliphatic carboxylic acids is 1. The second kappa shape index (κ2) is 3.16. The van der Waals surface area contributed by atoms with Crippen LogP contribution in [0.5, 0.6) is 0 Å². The van der Waals surface area contributed by atoms with Crippen LogP contribution in [0.4, 0.5) is 0 Å². The molecule has 58 valence electrons. The van der Waals surface area contributed by atoms with Gasteiger partial charge in [-0.2, -0.15) is 0 Å². The van der Waals surface area contributed by atoms with Crippen molar-refractivity contribution in [1.29, 1.82) is 0 Å². The van der Waals surface area contributed by atoms with Crippen molar-refractivity contribution >= 4 is 5.97 Å². The third-order valence-electron chi connectivity index (χ3n) is 1.42. The second-order valence-corrected chi connectivity index (χ2v) is 2.23. The minimum Gasteiger partial charge on any atom is -0.480 e. The van der Waals surface area contributed by atoms with Crippen molar-refractivity contribution in [3.05, 3.63) is 35.9 Å². The average Bonchev–Trinajstić information content (AvgIpc) is 2.05. The first-order valence-corrected chi connectivity index (χ1v) is 3.25. The fourth-order valence-corrected chi connectivity index (χ4v) is 0.803. The van der Waals surface area contributed by atoms with E-state index in [1.54, 1.807) is 24.3 Å². The number of carbonyl (C=O) groups is 1. The predicted molar refractivity (Wildman–Crippen MR) is 41.0 cm³/mol. The zero-order valence-corrected chi connectivity index (χ0v) is 5.90. The van der Waals surface area contributed by atoms with E-state index in [2.05, 4.69) is 0 Å². The van der Waals surface area contributed by atoms with Gasteiger partial charge in [0, 0.05) is 0 Å². The van der Waals surface area contributed by atoms with Crippen LogP contribution in [0.3, 0.4) is 0 Å². The van der Waals surface area contributed by atoms with Crippen molar-refractivity contribution in [2.24, 2.45) is 5.73 Å². The quantitative estimate of drug-likeness (QED) is 0.657. The number of hydrogen-bond donors (Lipinski definition) is 2. The molecule has 3 heteroatoms. The number of hydrogen-bond acceptors (Lipinski definition) is 2. The van der Waals surface area contributed by atoms with Crippen LogP contribution in [0.1, 0.15) is 11.6 Å². The van der Waals surface area contributed by atoms with Crippen molar-refractivity contribution in [1.82, 2.24) is 0 Å². The highest BCUT2D eigenvalue weighted by Crippen LogP contribution is 2.08. The van der Waals surface area contributed by atoms with E-state index in [0.29, 0.717) is 5.56 Å². The number of nitrogens with two attached hydrogens (primary N) is 1. The van der Waals surface area contributed by atoms with Crippen molar-refractivity contribution in [3.63, 3.8) is 0 Å². The van der Waals surface area contributed by atoms with E-state index in [1.165, 1.54) is 0 Å². The summed E-state index contributed by atoms with van der Waals surface area (Å²) in [5.74, 6) is -1.00. The summed E-state index contributed by atoms with van der Waals surface area (Å²) in [6, 6.07) is 7.82. The Morgan fingerprint density at radius 1 is 1.36 bits per heavy atom. The number of carboxylic acid groups (broad SMARTS) is 1. The highest BCUT2D eigenvalue weighted by molar-refractivity contribution is 5.75. The monoisotopic (exact) mass is 152 g/mol. The molecular weight excluding hydrogens is 143 g/mol. The lowest BCUT2D eigenvalue weighted by atomic mass is 10.2. The Bertz CT molecular complexity index is 246. The summed E-state index contributed by atoms with van der Waals surface area (Å²) in [5, 5.41) is 8.51. The number of rotatable bonds is 2. The lowest BCUT2D eigenvalue weighted by Crippen LogP contribution is -2.20. The maximum absolute atomic E-state index is 10.4. The van der Waals surface area contributed by atoms with E-state index in [4.69, 9.17) is 10.8 Å².